The van der Waals surface area contributed by atoms with Crippen molar-refractivity contribution in [1.29, 1.82) is 0 Å². The quantitative estimate of drug-likeness (QED) is 0.419. The number of nitrogens with zero attached hydrogens (tertiary/aromatic N) is 3. The first-order valence-electron chi connectivity index (χ1n) is 11.5. The topological polar surface area (TPSA) is 60.9 Å². The fourth-order valence-corrected chi connectivity index (χ4v) is 5.79. The van der Waals surface area contributed by atoms with Crippen LogP contribution >= 0.6 is 11.6 Å². The highest BCUT2D eigenvalue weighted by Crippen LogP contribution is 2.38. The first-order valence-corrected chi connectivity index (χ1v) is 13.4. The van der Waals surface area contributed by atoms with Gasteiger partial charge in [-0.1, -0.05) is 60.1 Å². The van der Waals surface area contributed by atoms with E-state index in [4.69, 9.17) is 11.6 Å². The molecule has 4 rings (SSSR count). The lowest BCUT2D eigenvalue weighted by molar-refractivity contribution is -0.137. The van der Waals surface area contributed by atoms with Crippen molar-refractivity contribution >= 4 is 33.2 Å². The van der Waals surface area contributed by atoms with Gasteiger partial charge in [-0.2, -0.15) is 13.2 Å². The van der Waals surface area contributed by atoms with Crippen molar-refractivity contribution in [2.24, 2.45) is 0 Å². The smallest absolute Gasteiger partial charge is 0.339 e. The van der Waals surface area contributed by atoms with E-state index < -0.39 is 39.2 Å². The van der Waals surface area contributed by atoms with Crippen LogP contribution < -0.4 is 4.31 Å². The molecule has 0 aromatic heterocycles. The number of halogens is 4. The summed E-state index contributed by atoms with van der Waals surface area (Å²) in [5.41, 5.74) is -0.329. The van der Waals surface area contributed by atoms with Crippen molar-refractivity contribution in [3.63, 3.8) is 0 Å². The second-order valence-corrected chi connectivity index (χ2v) is 10.9. The van der Waals surface area contributed by atoms with Gasteiger partial charge in [0, 0.05) is 32.7 Å². The number of hydrogen-bond acceptors (Lipinski definition) is 4. The zero-order chi connectivity index (χ0) is 26.6. The molecule has 0 radical (unpaired) electrons. The van der Waals surface area contributed by atoms with E-state index >= 15 is 0 Å². The zero-order valence-corrected chi connectivity index (χ0v) is 21.3. The second kappa shape index (κ2) is 11.1. The molecule has 1 amide bonds. The summed E-state index contributed by atoms with van der Waals surface area (Å²) in [6.45, 7) is 2.01. The number of benzene rings is 3. The third-order valence-electron chi connectivity index (χ3n) is 6.13. The molecule has 11 heteroatoms. The fraction of sp³-hybridized carbons (Fsp3) is 0.269. The molecular formula is C26H25ClF3N3O3S. The zero-order valence-electron chi connectivity index (χ0n) is 19.7. The molecular weight excluding hydrogens is 527 g/mol. The number of anilines is 1. The molecule has 0 spiro atoms. The van der Waals surface area contributed by atoms with Crippen LogP contribution in [0.1, 0.15) is 11.1 Å². The van der Waals surface area contributed by atoms with E-state index in [-0.39, 0.29) is 10.6 Å². The van der Waals surface area contributed by atoms with Crippen LogP contribution in [0.5, 0.6) is 0 Å². The van der Waals surface area contributed by atoms with Crippen LogP contribution in [0.2, 0.25) is 5.02 Å². The maximum atomic E-state index is 13.5. The molecule has 3 aromatic carbocycles. The molecule has 0 N–H and O–H groups in total. The minimum atomic E-state index is -4.80. The van der Waals surface area contributed by atoms with Crippen molar-refractivity contribution in [1.82, 2.24) is 9.80 Å². The number of sulfonamides is 1. The molecule has 1 aliphatic heterocycles. The standard InChI is InChI=1S/C26H25ClF3N3O3S/c27-24-12-11-21(17-23(24)26(28,29)30)33(37(35,36)22-9-5-2-6-10-22)19-25(34)32-15-13-31(14-16-32)18-20-7-3-1-4-8-20/h1-12,17H,13-16,18-19H2. The van der Waals surface area contributed by atoms with Gasteiger partial charge in [0.1, 0.15) is 6.54 Å². The Hall–Kier alpha value is -3.08. The van der Waals surface area contributed by atoms with Gasteiger partial charge in [-0.15, -0.1) is 0 Å². The Morgan fingerprint density at radius 1 is 0.892 bits per heavy atom. The molecule has 196 valence electrons. The minimum Gasteiger partial charge on any atom is -0.339 e. The van der Waals surface area contributed by atoms with E-state index in [1.54, 1.807) is 6.07 Å². The molecule has 37 heavy (non-hydrogen) atoms. The Morgan fingerprint density at radius 3 is 2.08 bits per heavy atom. The number of carbonyl (C=O) groups excluding carboxylic acids is 1. The van der Waals surface area contributed by atoms with Gasteiger partial charge >= 0.3 is 6.18 Å². The molecule has 6 nitrogen and oxygen atoms in total. The van der Waals surface area contributed by atoms with E-state index in [1.807, 2.05) is 30.3 Å². The predicted molar refractivity (Wildman–Crippen MR) is 136 cm³/mol. The fourth-order valence-electron chi connectivity index (χ4n) is 4.14. The summed E-state index contributed by atoms with van der Waals surface area (Å²) in [4.78, 5) is 16.8. The Morgan fingerprint density at radius 2 is 1.49 bits per heavy atom. The summed E-state index contributed by atoms with van der Waals surface area (Å²) >= 11 is 5.75. The largest absolute Gasteiger partial charge is 0.417 e. The number of carbonyl (C=O) groups is 1. The number of piperazine rings is 1. The summed E-state index contributed by atoms with van der Waals surface area (Å²) < 4.78 is 68.3. The van der Waals surface area contributed by atoms with Crippen molar-refractivity contribution in [2.75, 3.05) is 37.0 Å². The lowest BCUT2D eigenvalue weighted by atomic mass is 10.2. The maximum Gasteiger partial charge on any atom is 0.417 e. The van der Waals surface area contributed by atoms with Crippen LogP contribution in [0.4, 0.5) is 18.9 Å². The van der Waals surface area contributed by atoms with Crippen LogP contribution in [-0.2, 0) is 27.5 Å². The third-order valence-corrected chi connectivity index (χ3v) is 8.25. The van der Waals surface area contributed by atoms with Crippen molar-refractivity contribution in [2.45, 2.75) is 17.6 Å². The Balaban J connectivity index is 1.56. The van der Waals surface area contributed by atoms with Gasteiger partial charge in [0.2, 0.25) is 5.91 Å². The predicted octanol–water partition coefficient (Wildman–Crippen LogP) is 4.90. The lowest BCUT2D eigenvalue weighted by Gasteiger charge is -2.36. The van der Waals surface area contributed by atoms with E-state index in [9.17, 15) is 26.4 Å². The van der Waals surface area contributed by atoms with Crippen LogP contribution in [0.25, 0.3) is 0 Å². The summed E-state index contributed by atoms with van der Waals surface area (Å²) in [5.74, 6) is -0.498. The Labute approximate surface area is 218 Å². The average molecular weight is 552 g/mol. The van der Waals surface area contributed by atoms with Gasteiger partial charge in [-0.3, -0.25) is 14.0 Å². The molecule has 0 aliphatic carbocycles. The molecule has 0 unspecified atom stereocenters. The average Bonchev–Trinajstić information content (AvgIpc) is 2.88. The normalized spacial score (nSPS) is 15.0. The molecule has 0 bridgehead atoms. The molecule has 1 fully saturated rings. The van der Waals surface area contributed by atoms with Gasteiger partial charge in [-0.25, -0.2) is 8.42 Å². The molecule has 1 heterocycles. The van der Waals surface area contributed by atoms with Gasteiger partial charge in [0.05, 0.1) is 21.2 Å². The molecule has 0 saturated carbocycles. The first-order chi connectivity index (χ1) is 17.6. The SMILES string of the molecule is O=C(CN(c1ccc(Cl)c(C(F)(F)F)c1)S(=O)(=O)c1ccccc1)N1CCN(Cc2ccccc2)CC1. The Kier molecular flexibility index (Phi) is 8.11. The van der Waals surface area contributed by atoms with E-state index in [0.29, 0.717) is 36.6 Å². The third kappa shape index (κ3) is 6.44. The van der Waals surface area contributed by atoms with Crippen molar-refractivity contribution in [3.8, 4) is 0 Å². The van der Waals surface area contributed by atoms with E-state index in [0.717, 1.165) is 18.2 Å². The van der Waals surface area contributed by atoms with Crippen LogP contribution in [0.15, 0.2) is 83.8 Å². The van der Waals surface area contributed by atoms with Crippen LogP contribution in [0, 0.1) is 0 Å². The monoisotopic (exact) mass is 551 g/mol. The highest BCUT2D eigenvalue weighted by Gasteiger charge is 2.36. The maximum absolute atomic E-state index is 13.5. The molecule has 1 saturated heterocycles. The van der Waals surface area contributed by atoms with Gasteiger partial charge in [0.15, 0.2) is 0 Å². The number of rotatable bonds is 7. The highest BCUT2D eigenvalue weighted by molar-refractivity contribution is 7.92. The minimum absolute atomic E-state index is 0.140. The number of amides is 1. The molecule has 0 atom stereocenters. The summed E-state index contributed by atoms with van der Waals surface area (Å²) in [7, 11) is -4.35. The first kappa shape index (κ1) is 27.0. The number of hydrogen-bond donors (Lipinski definition) is 0. The van der Waals surface area contributed by atoms with E-state index in [2.05, 4.69) is 4.90 Å². The van der Waals surface area contributed by atoms with Crippen molar-refractivity contribution < 1.29 is 26.4 Å². The van der Waals surface area contributed by atoms with Gasteiger partial charge in [0.25, 0.3) is 10.0 Å². The number of alkyl halides is 3. The lowest BCUT2D eigenvalue weighted by Crippen LogP contribution is -2.51. The Bertz CT molecular complexity index is 1330. The summed E-state index contributed by atoms with van der Waals surface area (Å²) in [6, 6.07) is 20.0. The van der Waals surface area contributed by atoms with E-state index in [1.165, 1.54) is 35.2 Å². The highest BCUT2D eigenvalue weighted by atomic mass is 35.5. The van der Waals surface area contributed by atoms with Gasteiger partial charge < -0.3 is 4.90 Å². The van der Waals surface area contributed by atoms with Crippen LogP contribution in [-0.4, -0.2) is 56.8 Å². The van der Waals surface area contributed by atoms with Gasteiger partial charge in [-0.05, 0) is 35.9 Å². The van der Waals surface area contributed by atoms with Crippen molar-refractivity contribution in [3.05, 3.63) is 95.0 Å². The second-order valence-electron chi connectivity index (χ2n) is 8.63. The summed E-state index contributed by atoms with van der Waals surface area (Å²) in [5, 5.41) is -0.561. The molecule has 3 aromatic rings. The van der Waals surface area contributed by atoms with Crippen LogP contribution in [0.3, 0.4) is 0 Å². The summed E-state index contributed by atoms with van der Waals surface area (Å²) in [6.07, 6.45) is -4.80. The molecule has 1 aliphatic rings.